The van der Waals surface area contributed by atoms with Crippen LogP contribution in [-0.4, -0.2) is 38.8 Å². The Hall–Kier alpha value is -3.21. The minimum atomic E-state index is -1.07. The van der Waals surface area contributed by atoms with Crippen LogP contribution >= 0.6 is 11.8 Å². The largest absolute Gasteiger partial charge is 0.458 e. The van der Waals surface area contributed by atoms with Crippen molar-refractivity contribution in [3.8, 4) is 5.75 Å². The standard InChI is InChI=1S/C32H37NO9S/c1-18(34)43-26-15-20-14-21(35)7-10-30(20,2)24-8-11-31(3)25(27(24)26)9-12-32(31)16-23(29(37)42-32)28(36)41-22-6-4-5-19(13-22)17-40-33(38)39/h4-6,13,15,23-27H,7-12,14,16-17H2,1-3H3/t23?,24?,25?,26?,27?,30?,31?,32-/m1/s1. The molecule has 7 unspecified atom stereocenters. The highest BCUT2D eigenvalue weighted by Crippen LogP contribution is 2.70. The lowest BCUT2D eigenvalue weighted by molar-refractivity contribution is -0.763. The molecular formula is C32H37NO9S. The van der Waals surface area contributed by atoms with Crippen LogP contribution in [0.2, 0.25) is 0 Å². The van der Waals surface area contributed by atoms with Crippen LogP contribution in [0.5, 0.6) is 5.75 Å². The SMILES string of the molecule is CC(=O)SC1C=C2CC(=O)CCC2(C)C2CCC3(C)C(CC[C@@]34CC(C(=O)Oc3cccc(CO[N+](=O)[O-])c3)C(=O)O4)C12. The molecule has 6 rings (SSSR count). The molecule has 1 aromatic carbocycles. The number of hydrogen-bond acceptors (Lipinski definition) is 10. The second kappa shape index (κ2) is 10.7. The molecule has 3 saturated carbocycles. The van der Waals surface area contributed by atoms with Gasteiger partial charge in [-0.3, -0.25) is 19.2 Å². The minimum absolute atomic E-state index is 0.0410. The van der Waals surface area contributed by atoms with Crippen LogP contribution in [0.25, 0.3) is 0 Å². The van der Waals surface area contributed by atoms with Crippen LogP contribution in [-0.2, 0) is 35.4 Å². The van der Waals surface area contributed by atoms with Gasteiger partial charge in [0.1, 0.15) is 23.7 Å². The fourth-order valence-corrected chi connectivity index (χ4v) is 10.4. The van der Waals surface area contributed by atoms with E-state index in [4.69, 9.17) is 9.47 Å². The van der Waals surface area contributed by atoms with Crippen LogP contribution in [0.4, 0.5) is 0 Å². The molecule has 1 spiro atoms. The van der Waals surface area contributed by atoms with E-state index in [1.165, 1.54) is 23.4 Å². The maximum atomic E-state index is 13.3. The third-order valence-corrected chi connectivity index (χ3v) is 12.4. The van der Waals surface area contributed by atoms with Gasteiger partial charge in [-0.05, 0) is 73.0 Å². The molecule has 230 valence electrons. The molecule has 1 heterocycles. The number of nitrogens with zero attached hydrogens (tertiary/aromatic N) is 1. The van der Waals surface area contributed by atoms with Gasteiger partial charge in [0.15, 0.2) is 11.0 Å². The summed E-state index contributed by atoms with van der Waals surface area (Å²) < 4.78 is 11.8. The molecule has 4 aliphatic carbocycles. The average Bonchev–Trinajstić information content (AvgIpc) is 3.44. The number of carbonyl (C=O) groups is 4. The Morgan fingerprint density at radius 1 is 1.14 bits per heavy atom. The topological polar surface area (TPSA) is 139 Å². The molecule has 10 nitrogen and oxygen atoms in total. The van der Waals surface area contributed by atoms with Crippen molar-refractivity contribution in [2.24, 2.45) is 34.5 Å². The van der Waals surface area contributed by atoms with Gasteiger partial charge in [-0.15, -0.1) is 10.1 Å². The van der Waals surface area contributed by atoms with Gasteiger partial charge in [-0.1, -0.05) is 49.4 Å². The quantitative estimate of drug-likeness (QED) is 0.103. The maximum Gasteiger partial charge on any atom is 0.325 e. The third-order valence-electron chi connectivity index (χ3n) is 11.4. The molecule has 0 N–H and O–H groups in total. The Bertz CT molecular complexity index is 1420. The van der Waals surface area contributed by atoms with Gasteiger partial charge in [0.2, 0.25) is 0 Å². The lowest BCUT2D eigenvalue weighted by Gasteiger charge is -2.60. The maximum absolute atomic E-state index is 13.3. The molecule has 4 fully saturated rings. The van der Waals surface area contributed by atoms with Crippen molar-refractivity contribution in [3.05, 3.63) is 51.6 Å². The number of Topliss-reactive ketones (excluding diaryl/α,β-unsaturated/α-hetero) is 1. The molecule has 5 aliphatic rings. The highest BCUT2D eigenvalue weighted by atomic mass is 32.2. The summed E-state index contributed by atoms with van der Waals surface area (Å²) in [6.45, 7) is 5.80. The monoisotopic (exact) mass is 611 g/mol. The number of carbonyl (C=O) groups excluding carboxylic acids is 4. The van der Waals surface area contributed by atoms with Crippen LogP contribution in [0.3, 0.4) is 0 Å². The van der Waals surface area contributed by atoms with Gasteiger partial charge in [-0.2, -0.15) is 0 Å². The molecule has 1 saturated heterocycles. The predicted octanol–water partition coefficient (Wildman–Crippen LogP) is 5.39. The van der Waals surface area contributed by atoms with Crippen LogP contribution in [0, 0.1) is 44.6 Å². The number of allylic oxidation sites excluding steroid dienone is 1. The number of thioether (sulfide) groups is 1. The number of ketones is 1. The highest BCUT2D eigenvalue weighted by molar-refractivity contribution is 8.14. The first-order chi connectivity index (χ1) is 20.3. The van der Waals surface area contributed by atoms with Gasteiger partial charge >= 0.3 is 11.9 Å². The number of fused-ring (bicyclic) bond motifs is 6. The zero-order valence-electron chi connectivity index (χ0n) is 24.7. The summed E-state index contributed by atoms with van der Waals surface area (Å²) in [5.41, 5.74) is 0.379. The molecule has 1 aromatic rings. The van der Waals surface area contributed by atoms with Crippen LogP contribution in [0.1, 0.15) is 77.7 Å². The first-order valence-electron chi connectivity index (χ1n) is 15.1. The van der Waals surface area contributed by atoms with Gasteiger partial charge in [0, 0.05) is 36.9 Å². The van der Waals surface area contributed by atoms with Crippen molar-refractivity contribution in [1.29, 1.82) is 0 Å². The fraction of sp³-hybridized carbons (Fsp3) is 0.625. The summed E-state index contributed by atoms with van der Waals surface area (Å²) in [6, 6.07) is 6.23. The first kappa shape index (κ1) is 29.8. The van der Waals surface area contributed by atoms with Crippen molar-refractivity contribution in [1.82, 2.24) is 0 Å². The van der Waals surface area contributed by atoms with Crippen molar-refractivity contribution in [2.45, 2.75) is 89.6 Å². The van der Waals surface area contributed by atoms with Crippen LogP contribution in [0.15, 0.2) is 35.9 Å². The zero-order valence-corrected chi connectivity index (χ0v) is 25.5. The van der Waals surface area contributed by atoms with Gasteiger partial charge in [0.05, 0.1) is 0 Å². The molecule has 0 radical (unpaired) electrons. The molecule has 43 heavy (non-hydrogen) atoms. The highest BCUT2D eigenvalue weighted by Gasteiger charge is 2.70. The lowest BCUT2D eigenvalue weighted by Crippen LogP contribution is -2.57. The number of esters is 2. The molecule has 0 amide bonds. The number of ether oxygens (including phenoxy) is 2. The van der Waals surface area contributed by atoms with E-state index in [1.54, 1.807) is 25.1 Å². The van der Waals surface area contributed by atoms with E-state index < -0.39 is 28.5 Å². The van der Waals surface area contributed by atoms with Crippen molar-refractivity contribution in [3.63, 3.8) is 0 Å². The number of rotatable bonds is 6. The summed E-state index contributed by atoms with van der Waals surface area (Å²) in [5, 5.41) is 9.66. The van der Waals surface area contributed by atoms with E-state index in [0.29, 0.717) is 30.7 Å². The normalized spacial score (nSPS) is 37.9. The van der Waals surface area contributed by atoms with E-state index in [0.717, 1.165) is 25.7 Å². The fourth-order valence-electron chi connectivity index (χ4n) is 9.25. The average molecular weight is 612 g/mol. The summed E-state index contributed by atoms with van der Waals surface area (Å²) in [5.74, 6) is -1.21. The molecule has 0 aromatic heterocycles. The van der Waals surface area contributed by atoms with Crippen molar-refractivity contribution < 1.29 is 38.6 Å². The lowest BCUT2D eigenvalue weighted by atomic mass is 9.46. The van der Waals surface area contributed by atoms with Crippen LogP contribution < -0.4 is 4.74 Å². The van der Waals surface area contributed by atoms with Gasteiger partial charge < -0.3 is 14.3 Å². The Labute approximate surface area is 254 Å². The predicted molar refractivity (Wildman–Crippen MR) is 155 cm³/mol. The summed E-state index contributed by atoms with van der Waals surface area (Å²) in [4.78, 5) is 66.4. The van der Waals surface area contributed by atoms with E-state index in [-0.39, 0.29) is 57.6 Å². The summed E-state index contributed by atoms with van der Waals surface area (Å²) in [6.07, 6.45) is 7.54. The Kier molecular flexibility index (Phi) is 7.46. The van der Waals surface area contributed by atoms with E-state index in [2.05, 4.69) is 24.8 Å². The smallest absolute Gasteiger partial charge is 0.325 e. The van der Waals surface area contributed by atoms with Gasteiger partial charge in [0.25, 0.3) is 5.09 Å². The first-order valence-corrected chi connectivity index (χ1v) is 15.9. The second-order valence-corrected chi connectivity index (χ2v) is 14.8. The van der Waals surface area contributed by atoms with Gasteiger partial charge in [-0.25, -0.2) is 0 Å². The molecule has 0 bridgehead atoms. The van der Waals surface area contributed by atoms with E-state index in [1.807, 2.05) is 0 Å². The number of hydrogen-bond donors (Lipinski definition) is 0. The third kappa shape index (κ3) is 4.97. The van der Waals surface area contributed by atoms with E-state index in [9.17, 15) is 29.3 Å². The molecule has 1 aliphatic heterocycles. The second-order valence-electron chi connectivity index (χ2n) is 13.4. The van der Waals surface area contributed by atoms with Crippen molar-refractivity contribution >= 4 is 34.6 Å². The van der Waals surface area contributed by atoms with Crippen molar-refractivity contribution in [2.75, 3.05) is 0 Å². The summed E-state index contributed by atoms with van der Waals surface area (Å²) in [7, 11) is 0. The Morgan fingerprint density at radius 2 is 1.91 bits per heavy atom. The molecule has 11 heteroatoms. The summed E-state index contributed by atoms with van der Waals surface area (Å²) >= 11 is 1.35. The number of benzene rings is 1. The molecule has 8 atom stereocenters. The Morgan fingerprint density at radius 3 is 2.65 bits per heavy atom. The zero-order chi connectivity index (χ0) is 30.7. The minimum Gasteiger partial charge on any atom is -0.458 e. The molecular weight excluding hydrogens is 574 g/mol. The van der Waals surface area contributed by atoms with E-state index >= 15 is 0 Å². The Balaban J connectivity index is 1.24.